The molecule has 1 fully saturated rings. The molecular weight excluding hydrogens is 270 g/mol. The van der Waals surface area contributed by atoms with Crippen LogP contribution in [0.25, 0.3) is 5.69 Å². The first-order valence-corrected chi connectivity index (χ1v) is 8.01. The summed E-state index contributed by atoms with van der Waals surface area (Å²) in [5.41, 5.74) is 1.76. The Labute approximate surface area is 123 Å². The third-order valence-electron chi connectivity index (χ3n) is 3.57. The van der Waals surface area contributed by atoms with Gasteiger partial charge in [-0.2, -0.15) is 16.9 Å². The summed E-state index contributed by atoms with van der Waals surface area (Å²) in [5.74, 6) is 1.91. The van der Waals surface area contributed by atoms with Crippen LogP contribution in [0.1, 0.15) is 12.0 Å². The van der Waals surface area contributed by atoms with Gasteiger partial charge in [0.2, 0.25) is 0 Å². The van der Waals surface area contributed by atoms with Crippen molar-refractivity contribution in [2.75, 3.05) is 18.1 Å². The smallest absolute Gasteiger partial charge is 0.0869 e. The highest BCUT2D eigenvalue weighted by Crippen LogP contribution is 2.27. The summed E-state index contributed by atoms with van der Waals surface area (Å²) in [6.45, 7) is 1.45. The van der Waals surface area contributed by atoms with Crippen molar-refractivity contribution >= 4 is 11.8 Å². The monoisotopic (exact) mass is 289 g/mol. The lowest BCUT2D eigenvalue weighted by Gasteiger charge is -2.21. The molecule has 1 aromatic carbocycles. The van der Waals surface area contributed by atoms with Crippen LogP contribution in [-0.2, 0) is 6.54 Å². The van der Waals surface area contributed by atoms with Crippen molar-refractivity contribution in [2.24, 2.45) is 0 Å². The molecule has 1 aliphatic heterocycles. The van der Waals surface area contributed by atoms with Gasteiger partial charge in [-0.25, -0.2) is 4.68 Å². The molecule has 5 heteroatoms. The summed E-state index contributed by atoms with van der Waals surface area (Å²) in [6.07, 6.45) is 4.60. The van der Waals surface area contributed by atoms with Crippen LogP contribution >= 0.6 is 11.8 Å². The molecule has 0 amide bonds. The SMILES string of the molecule is OC1(CNCc2ccc(-n3cccn3)cc2)CCSC1. The second-order valence-electron chi connectivity index (χ2n) is 5.25. The maximum atomic E-state index is 10.2. The predicted molar refractivity (Wildman–Crippen MR) is 82.2 cm³/mol. The molecule has 106 valence electrons. The molecule has 2 heterocycles. The molecule has 1 saturated heterocycles. The van der Waals surface area contributed by atoms with Crippen molar-refractivity contribution in [1.82, 2.24) is 15.1 Å². The summed E-state index contributed by atoms with van der Waals surface area (Å²) >= 11 is 1.83. The number of nitrogens with one attached hydrogen (secondary N) is 1. The molecule has 1 aliphatic rings. The largest absolute Gasteiger partial charge is 0.388 e. The number of nitrogens with zero attached hydrogens (tertiary/aromatic N) is 2. The van der Waals surface area contributed by atoms with E-state index in [0.29, 0.717) is 6.54 Å². The lowest BCUT2D eigenvalue weighted by atomic mass is 10.0. The predicted octanol–water partition coefficient (Wildman–Crippen LogP) is 1.83. The van der Waals surface area contributed by atoms with Gasteiger partial charge in [-0.1, -0.05) is 12.1 Å². The summed E-state index contributed by atoms with van der Waals surface area (Å²) in [4.78, 5) is 0. The van der Waals surface area contributed by atoms with E-state index in [-0.39, 0.29) is 0 Å². The van der Waals surface area contributed by atoms with Gasteiger partial charge in [0.1, 0.15) is 0 Å². The van der Waals surface area contributed by atoms with Crippen LogP contribution in [0.15, 0.2) is 42.7 Å². The van der Waals surface area contributed by atoms with Crippen molar-refractivity contribution in [3.63, 3.8) is 0 Å². The highest BCUT2D eigenvalue weighted by atomic mass is 32.2. The molecule has 3 rings (SSSR count). The number of aliphatic hydroxyl groups is 1. The lowest BCUT2D eigenvalue weighted by molar-refractivity contribution is 0.0675. The number of thioether (sulfide) groups is 1. The number of hydrogen-bond acceptors (Lipinski definition) is 4. The fourth-order valence-corrected chi connectivity index (χ4v) is 3.66. The van der Waals surface area contributed by atoms with Crippen molar-refractivity contribution in [2.45, 2.75) is 18.6 Å². The summed E-state index contributed by atoms with van der Waals surface area (Å²) in [5, 5.41) is 17.8. The molecule has 4 nitrogen and oxygen atoms in total. The standard InChI is InChI=1S/C15H19N3OS/c19-15(6-9-20-12-15)11-16-10-13-2-4-14(5-3-13)18-8-1-7-17-18/h1-5,7-8,16,19H,6,9-12H2. The molecule has 0 bridgehead atoms. The van der Waals surface area contributed by atoms with Gasteiger partial charge in [0, 0.05) is 31.2 Å². The minimum atomic E-state index is -0.514. The molecule has 0 saturated carbocycles. The Morgan fingerprint density at radius 2 is 2.20 bits per heavy atom. The topological polar surface area (TPSA) is 50.1 Å². The van der Waals surface area contributed by atoms with Gasteiger partial charge >= 0.3 is 0 Å². The molecule has 2 aromatic rings. The Hall–Kier alpha value is -1.30. The number of rotatable bonds is 5. The minimum absolute atomic E-state index is 0.514. The molecule has 0 spiro atoms. The van der Waals surface area contributed by atoms with E-state index in [2.05, 4.69) is 34.7 Å². The number of benzene rings is 1. The number of aromatic nitrogens is 2. The quantitative estimate of drug-likeness (QED) is 0.882. The van der Waals surface area contributed by atoms with Crippen molar-refractivity contribution in [3.8, 4) is 5.69 Å². The van der Waals surface area contributed by atoms with Crippen LogP contribution in [0.2, 0.25) is 0 Å². The highest BCUT2D eigenvalue weighted by molar-refractivity contribution is 7.99. The van der Waals surface area contributed by atoms with E-state index in [0.717, 1.165) is 30.2 Å². The summed E-state index contributed by atoms with van der Waals surface area (Å²) in [7, 11) is 0. The van der Waals surface area contributed by atoms with E-state index in [1.165, 1.54) is 5.56 Å². The average Bonchev–Trinajstić information content (AvgIpc) is 3.11. The third-order valence-corrected chi connectivity index (χ3v) is 4.81. The van der Waals surface area contributed by atoms with Gasteiger partial charge in [0.15, 0.2) is 0 Å². The van der Waals surface area contributed by atoms with Crippen molar-refractivity contribution < 1.29 is 5.11 Å². The molecular formula is C15H19N3OS. The van der Waals surface area contributed by atoms with E-state index in [1.807, 2.05) is 28.7 Å². The van der Waals surface area contributed by atoms with Crippen LogP contribution < -0.4 is 5.32 Å². The first-order chi connectivity index (χ1) is 9.75. The van der Waals surface area contributed by atoms with Gasteiger partial charge in [0.05, 0.1) is 11.3 Å². The second-order valence-corrected chi connectivity index (χ2v) is 6.35. The first kappa shape index (κ1) is 13.7. The van der Waals surface area contributed by atoms with Gasteiger partial charge in [-0.05, 0) is 35.9 Å². The van der Waals surface area contributed by atoms with E-state index >= 15 is 0 Å². The maximum absolute atomic E-state index is 10.2. The minimum Gasteiger partial charge on any atom is -0.388 e. The Bertz CT molecular complexity index is 533. The summed E-state index contributed by atoms with van der Waals surface area (Å²) < 4.78 is 1.84. The van der Waals surface area contributed by atoms with Gasteiger partial charge in [-0.3, -0.25) is 0 Å². The van der Waals surface area contributed by atoms with Crippen molar-refractivity contribution in [3.05, 3.63) is 48.3 Å². The van der Waals surface area contributed by atoms with Gasteiger partial charge in [0.25, 0.3) is 0 Å². The Morgan fingerprint density at radius 1 is 1.35 bits per heavy atom. The normalized spacial score (nSPS) is 22.2. The highest BCUT2D eigenvalue weighted by Gasteiger charge is 2.30. The maximum Gasteiger partial charge on any atom is 0.0869 e. The second kappa shape index (κ2) is 5.99. The number of hydrogen-bond donors (Lipinski definition) is 2. The van der Waals surface area contributed by atoms with Crippen LogP contribution in [0.3, 0.4) is 0 Å². The van der Waals surface area contributed by atoms with E-state index < -0.39 is 5.60 Å². The third kappa shape index (κ3) is 3.23. The van der Waals surface area contributed by atoms with Gasteiger partial charge < -0.3 is 10.4 Å². The Balaban J connectivity index is 1.53. The van der Waals surface area contributed by atoms with Crippen LogP contribution in [-0.4, -0.2) is 38.5 Å². The molecule has 1 aromatic heterocycles. The molecule has 0 aliphatic carbocycles. The fraction of sp³-hybridized carbons (Fsp3) is 0.400. The fourth-order valence-electron chi connectivity index (χ4n) is 2.36. The molecule has 1 atom stereocenters. The average molecular weight is 289 g/mol. The van der Waals surface area contributed by atoms with Crippen LogP contribution in [0, 0.1) is 0 Å². The molecule has 2 N–H and O–H groups in total. The Kier molecular flexibility index (Phi) is 4.10. The molecule has 0 radical (unpaired) electrons. The van der Waals surface area contributed by atoms with E-state index in [1.54, 1.807) is 6.20 Å². The van der Waals surface area contributed by atoms with Crippen LogP contribution in [0.5, 0.6) is 0 Å². The summed E-state index contributed by atoms with van der Waals surface area (Å²) in [6, 6.07) is 10.2. The zero-order chi connectivity index (χ0) is 13.8. The van der Waals surface area contributed by atoms with E-state index in [9.17, 15) is 5.11 Å². The molecule has 1 unspecified atom stereocenters. The van der Waals surface area contributed by atoms with Gasteiger partial charge in [-0.15, -0.1) is 0 Å². The molecule has 20 heavy (non-hydrogen) atoms. The van der Waals surface area contributed by atoms with Crippen molar-refractivity contribution in [1.29, 1.82) is 0 Å². The zero-order valence-corrected chi connectivity index (χ0v) is 12.1. The Morgan fingerprint density at radius 3 is 2.85 bits per heavy atom. The zero-order valence-electron chi connectivity index (χ0n) is 11.3. The van der Waals surface area contributed by atoms with E-state index in [4.69, 9.17) is 0 Å². The van der Waals surface area contributed by atoms with Crippen LogP contribution in [0.4, 0.5) is 0 Å². The first-order valence-electron chi connectivity index (χ1n) is 6.85. The lowest BCUT2D eigenvalue weighted by Crippen LogP contribution is -2.40.